The molecule has 0 aliphatic carbocycles. The number of rotatable bonds is 2. The molecule has 0 amide bonds. The van der Waals surface area contributed by atoms with Crippen molar-refractivity contribution >= 4 is 5.97 Å². The van der Waals surface area contributed by atoms with E-state index in [1.807, 2.05) is 0 Å². The van der Waals surface area contributed by atoms with E-state index >= 15 is 0 Å². The molecule has 1 aromatic heterocycles. The first-order valence-electron chi connectivity index (χ1n) is 4.49. The molecular formula is C9H13N3O4. The summed E-state index contributed by atoms with van der Waals surface area (Å²) in [6, 6.07) is 0. The highest BCUT2D eigenvalue weighted by Gasteiger charge is 2.26. The molecule has 0 fully saturated rings. The van der Waals surface area contributed by atoms with Crippen molar-refractivity contribution < 1.29 is 15.0 Å². The van der Waals surface area contributed by atoms with Crippen LogP contribution in [0.25, 0.3) is 0 Å². The molecule has 88 valence electrons. The van der Waals surface area contributed by atoms with E-state index in [0.29, 0.717) is 0 Å². The molecule has 7 heteroatoms. The number of nitrogens with two attached hydrogens (primary N) is 1. The van der Waals surface area contributed by atoms with Gasteiger partial charge < -0.3 is 15.9 Å². The molecule has 0 saturated carbocycles. The Labute approximate surface area is 91.2 Å². The van der Waals surface area contributed by atoms with Crippen LogP contribution < -0.4 is 11.3 Å². The fourth-order valence-corrected chi connectivity index (χ4v) is 1.32. The number of hydrogen-bond acceptors (Lipinski definition) is 5. The van der Waals surface area contributed by atoms with Crippen molar-refractivity contribution in [3.63, 3.8) is 0 Å². The summed E-state index contributed by atoms with van der Waals surface area (Å²) in [5.41, 5.74) is 3.25. The Hall–Kier alpha value is -1.89. The predicted molar refractivity (Wildman–Crippen MR) is 55.3 cm³/mol. The van der Waals surface area contributed by atoms with E-state index in [1.165, 1.54) is 7.05 Å². The minimum atomic E-state index is -1.47. The van der Waals surface area contributed by atoms with Crippen LogP contribution in [0, 0.1) is 0 Å². The molecule has 0 aliphatic heterocycles. The summed E-state index contributed by atoms with van der Waals surface area (Å²) < 4.78 is 1.03. The number of carboxylic acids is 1. The van der Waals surface area contributed by atoms with Gasteiger partial charge >= 0.3 is 5.97 Å². The van der Waals surface area contributed by atoms with Crippen LogP contribution in [0.1, 0.15) is 30.2 Å². The molecule has 0 unspecified atom stereocenters. The Bertz CT molecular complexity index is 499. The number of aromatic nitrogens is 2. The Morgan fingerprint density at radius 2 is 2.00 bits per heavy atom. The van der Waals surface area contributed by atoms with Crippen molar-refractivity contribution in [3.8, 4) is 5.75 Å². The fraction of sp³-hybridized carbons (Fsp3) is 0.444. The Morgan fingerprint density at radius 1 is 1.50 bits per heavy atom. The van der Waals surface area contributed by atoms with Crippen LogP contribution in [0.3, 0.4) is 0 Å². The molecule has 1 aromatic rings. The first kappa shape index (κ1) is 12.2. The van der Waals surface area contributed by atoms with Gasteiger partial charge in [0.2, 0.25) is 5.75 Å². The minimum Gasteiger partial charge on any atom is -0.501 e. The standard InChI is InChI=1S/C9H13N3O4/c1-9(2,10)8-11-4(7(15)16)5(13)6(14)12(8)3/h13H,10H2,1-3H3,(H,15,16). The minimum absolute atomic E-state index is 0.0905. The maximum Gasteiger partial charge on any atom is 0.358 e. The monoisotopic (exact) mass is 227 g/mol. The number of nitrogens with zero attached hydrogens (tertiary/aromatic N) is 2. The molecule has 0 radical (unpaired) electrons. The molecule has 0 bridgehead atoms. The van der Waals surface area contributed by atoms with Crippen molar-refractivity contribution in [3.05, 3.63) is 21.9 Å². The Kier molecular flexibility index (Phi) is 2.74. The maximum absolute atomic E-state index is 11.5. The lowest BCUT2D eigenvalue weighted by atomic mass is 10.1. The first-order chi connectivity index (χ1) is 7.16. The van der Waals surface area contributed by atoms with Crippen LogP contribution in [-0.4, -0.2) is 25.7 Å². The smallest absolute Gasteiger partial charge is 0.358 e. The van der Waals surface area contributed by atoms with Crippen molar-refractivity contribution in [2.24, 2.45) is 12.8 Å². The van der Waals surface area contributed by atoms with Gasteiger partial charge in [0, 0.05) is 7.05 Å². The lowest BCUT2D eigenvalue weighted by molar-refractivity contribution is 0.0685. The van der Waals surface area contributed by atoms with Gasteiger partial charge in [0.25, 0.3) is 5.56 Å². The molecular weight excluding hydrogens is 214 g/mol. The number of hydrogen-bond donors (Lipinski definition) is 3. The third-order valence-electron chi connectivity index (χ3n) is 2.05. The number of carbonyl (C=O) groups is 1. The summed E-state index contributed by atoms with van der Waals surface area (Å²) in [6.45, 7) is 3.16. The van der Waals surface area contributed by atoms with E-state index in [-0.39, 0.29) is 5.82 Å². The van der Waals surface area contributed by atoms with E-state index in [4.69, 9.17) is 10.8 Å². The third-order valence-corrected chi connectivity index (χ3v) is 2.05. The second kappa shape index (κ2) is 3.60. The van der Waals surface area contributed by atoms with Gasteiger partial charge in [-0.3, -0.25) is 9.36 Å². The average Bonchev–Trinajstić information content (AvgIpc) is 2.11. The van der Waals surface area contributed by atoms with Crippen molar-refractivity contribution in [2.75, 3.05) is 0 Å². The van der Waals surface area contributed by atoms with Gasteiger partial charge in [-0.1, -0.05) is 0 Å². The van der Waals surface area contributed by atoms with E-state index in [0.717, 1.165) is 4.57 Å². The van der Waals surface area contributed by atoms with Gasteiger partial charge in [0.1, 0.15) is 5.82 Å². The highest BCUT2D eigenvalue weighted by Crippen LogP contribution is 2.16. The number of carboxylic acid groups (broad SMARTS) is 1. The second-order valence-electron chi connectivity index (χ2n) is 4.02. The summed E-state index contributed by atoms with van der Waals surface area (Å²) in [7, 11) is 1.37. The lowest BCUT2D eigenvalue weighted by Crippen LogP contribution is -2.38. The lowest BCUT2D eigenvalue weighted by Gasteiger charge is -2.21. The van der Waals surface area contributed by atoms with E-state index in [1.54, 1.807) is 13.8 Å². The summed E-state index contributed by atoms with van der Waals surface area (Å²) in [5.74, 6) is -2.27. The zero-order chi connectivity index (χ0) is 12.7. The quantitative estimate of drug-likeness (QED) is 0.619. The van der Waals surface area contributed by atoms with Crippen molar-refractivity contribution in [1.29, 1.82) is 0 Å². The number of aromatic carboxylic acids is 1. The number of aromatic hydroxyl groups is 1. The first-order valence-corrected chi connectivity index (χ1v) is 4.49. The molecule has 1 rings (SSSR count). The molecule has 4 N–H and O–H groups in total. The zero-order valence-corrected chi connectivity index (χ0v) is 9.18. The molecule has 0 atom stereocenters. The average molecular weight is 227 g/mol. The molecule has 7 nitrogen and oxygen atoms in total. The predicted octanol–water partition coefficient (Wildman–Crippen LogP) is -0.622. The second-order valence-corrected chi connectivity index (χ2v) is 4.02. The van der Waals surface area contributed by atoms with Gasteiger partial charge in [-0.05, 0) is 13.8 Å². The molecule has 0 spiro atoms. The SMILES string of the molecule is Cn1c(C(C)(C)N)nc(C(=O)O)c(O)c1=O. The van der Waals surface area contributed by atoms with Gasteiger partial charge in [-0.25, -0.2) is 9.78 Å². The Balaban J connectivity index is 3.68. The van der Waals surface area contributed by atoms with Gasteiger partial charge in [0.15, 0.2) is 5.69 Å². The van der Waals surface area contributed by atoms with Gasteiger partial charge in [-0.2, -0.15) is 0 Å². The molecule has 1 heterocycles. The van der Waals surface area contributed by atoms with Crippen LogP contribution in [-0.2, 0) is 12.6 Å². The fourth-order valence-electron chi connectivity index (χ4n) is 1.32. The van der Waals surface area contributed by atoms with Crippen LogP contribution in [0.15, 0.2) is 4.79 Å². The zero-order valence-electron chi connectivity index (χ0n) is 9.18. The molecule has 0 saturated heterocycles. The normalized spacial score (nSPS) is 11.5. The molecule has 0 aliphatic rings. The van der Waals surface area contributed by atoms with Crippen LogP contribution in [0.5, 0.6) is 5.75 Å². The van der Waals surface area contributed by atoms with Crippen LogP contribution in [0.4, 0.5) is 0 Å². The van der Waals surface area contributed by atoms with Crippen LogP contribution in [0.2, 0.25) is 0 Å². The molecule has 0 aromatic carbocycles. The topological polar surface area (TPSA) is 118 Å². The van der Waals surface area contributed by atoms with Crippen molar-refractivity contribution in [2.45, 2.75) is 19.4 Å². The highest BCUT2D eigenvalue weighted by molar-refractivity contribution is 5.88. The van der Waals surface area contributed by atoms with Crippen molar-refractivity contribution in [1.82, 2.24) is 9.55 Å². The summed E-state index contributed by atoms with van der Waals surface area (Å²) in [6.07, 6.45) is 0. The maximum atomic E-state index is 11.5. The van der Waals surface area contributed by atoms with Crippen LogP contribution >= 0.6 is 0 Å². The van der Waals surface area contributed by atoms with E-state index in [2.05, 4.69) is 4.98 Å². The largest absolute Gasteiger partial charge is 0.501 e. The molecule has 16 heavy (non-hydrogen) atoms. The van der Waals surface area contributed by atoms with E-state index < -0.39 is 28.5 Å². The summed E-state index contributed by atoms with van der Waals surface area (Å²) >= 11 is 0. The summed E-state index contributed by atoms with van der Waals surface area (Å²) in [4.78, 5) is 26.0. The van der Waals surface area contributed by atoms with Gasteiger partial charge in [0.05, 0.1) is 5.54 Å². The Morgan fingerprint density at radius 3 is 2.38 bits per heavy atom. The third kappa shape index (κ3) is 1.89. The van der Waals surface area contributed by atoms with E-state index in [9.17, 15) is 14.7 Å². The summed E-state index contributed by atoms with van der Waals surface area (Å²) in [5, 5.41) is 18.1. The highest BCUT2D eigenvalue weighted by atomic mass is 16.4. The van der Waals surface area contributed by atoms with Gasteiger partial charge in [-0.15, -0.1) is 0 Å².